The number of carbonyl (C=O) groups excluding carboxylic acids is 1. The van der Waals surface area contributed by atoms with E-state index in [9.17, 15) is 4.79 Å². The summed E-state index contributed by atoms with van der Waals surface area (Å²) in [4.78, 5) is 18.9. The molecule has 0 spiro atoms. The molecule has 0 N–H and O–H groups in total. The minimum Gasteiger partial charge on any atom is -0.344 e. The highest BCUT2D eigenvalue weighted by Gasteiger charge is 2.12. The number of benzene rings is 1. The van der Waals surface area contributed by atoms with Crippen LogP contribution in [0.3, 0.4) is 0 Å². The molecule has 152 valence electrons. The molecule has 29 heavy (non-hydrogen) atoms. The Morgan fingerprint density at radius 1 is 1.10 bits per heavy atom. The van der Waals surface area contributed by atoms with Gasteiger partial charge in [0.1, 0.15) is 0 Å². The van der Waals surface area contributed by atoms with Crippen LogP contribution in [0.2, 0.25) is 0 Å². The first-order chi connectivity index (χ1) is 14.1. The molecule has 3 aromatic rings. The van der Waals surface area contributed by atoms with Crippen LogP contribution >= 0.6 is 0 Å². The Morgan fingerprint density at radius 2 is 1.90 bits per heavy atom. The molecule has 2 heterocycles. The number of allylic oxidation sites excluding steroid dienone is 1. The Kier molecular flexibility index (Phi) is 7.36. The summed E-state index contributed by atoms with van der Waals surface area (Å²) in [6.07, 6.45) is 8.86. The number of aryl methyl sites for hydroxylation is 2. The molecule has 0 aliphatic heterocycles. The van der Waals surface area contributed by atoms with Gasteiger partial charge in [-0.1, -0.05) is 24.3 Å². The number of hydrogen-bond acceptors (Lipinski definition) is 3. The Bertz CT molecular complexity index is 970. The fourth-order valence-corrected chi connectivity index (χ4v) is 3.75. The normalized spacial score (nSPS) is 11.7. The van der Waals surface area contributed by atoms with Crippen molar-refractivity contribution in [2.24, 2.45) is 0 Å². The first-order valence-electron chi connectivity index (χ1n) is 10.4. The largest absolute Gasteiger partial charge is 0.344 e. The van der Waals surface area contributed by atoms with Gasteiger partial charge in [0.2, 0.25) is 0 Å². The lowest BCUT2D eigenvalue weighted by atomic mass is 10.1. The second-order valence-corrected chi connectivity index (χ2v) is 7.80. The fraction of sp³-hybridized carbons (Fsp3) is 0.360. The number of rotatable bonds is 10. The van der Waals surface area contributed by atoms with Crippen molar-refractivity contribution in [1.82, 2.24) is 14.5 Å². The Hall–Kier alpha value is -2.72. The minimum absolute atomic E-state index is 0.171. The third-order valence-corrected chi connectivity index (χ3v) is 5.28. The summed E-state index contributed by atoms with van der Waals surface area (Å²) < 4.78 is 2.38. The molecule has 3 rings (SSSR count). The van der Waals surface area contributed by atoms with Crippen LogP contribution in [-0.4, -0.2) is 40.9 Å². The van der Waals surface area contributed by atoms with Gasteiger partial charge in [0.25, 0.3) is 0 Å². The van der Waals surface area contributed by atoms with Gasteiger partial charge in [0.05, 0.1) is 0 Å². The van der Waals surface area contributed by atoms with E-state index in [1.807, 2.05) is 24.3 Å². The quantitative estimate of drug-likeness (QED) is 0.463. The van der Waals surface area contributed by atoms with Crippen molar-refractivity contribution in [3.63, 3.8) is 0 Å². The monoisotopic (exact) mass is 389 g/mol. The minimum atomic E-state index is 0.171. The SMILES string of the molecule is Cc1c(/C=C/C(=O)CCCc2ccccn2)c2ccccc2n1CCCN(C)C. The first-order valence-corrected chi connectivity index (χ1v) is 10.4. The highest BCUT2D eigenvalue weighted by atomic mass is 16.1. The number of hydrogen-bond donors (Lipinski definition) is 0. The topological polar surface area (TPSA) is 38.1 Å². The summed E-state index contributed by atoms with van der Waals surface area (Å²) in [6, 6.07) is 14.4. The second kappa shape index (κ2) is 10.2. The number of aromatic nitrogens is 2. The van der Waals surface area contributed by atoms with Crippen molar-refractivity contribution >= 4 is 22.8 Å². The van der Waals surface area contributed by atoms with Gasteiger partial charge in [0, 0.05) is 47.0 Å². The highest BCUT2D eigenvalue weighted by molar-refractivity contribution is 5.98. The lowest BCUT2D eigenvalue weighted by molar-refractivity contribution is -0.114. The maximum absolute atomic E-state index is 12.4. The van der Waals surface area contributed by atoms with Crippen molar-refractivity contribution in [3.8, 4) is 0 Å². The first kappa shape index (κ1) is 21.0. The number of para-hydroxylation sites is 1. The lowest BCUT2D eigenvalue weighted by Gasteiger charge is -2.12. The number of carbonyl (C=O) groups is 1. The number of ketones is 1. The second-order valence-electron chi connectivity index (χ2n) is 7.80. The predicted molar refractivity (Wildman–Crippen MR) is 121 cm³/mol. The van der Waals surface area contributed by atoms with E-state index in [1.165, 1.54) is 16.6 Å². The molecule has 0 amide bonds. The standard InChI is InChI=1S/C25H31N3O/c1-20-23(16-15-22(29)12-8-11-21-10-6-7-17-26-21)24-13-4-5-14-25(24)28(20)19-9-18-27(2)3/h4-7,10,13-17H,8-9,11-12,18-19H2,1-3H3/b16-15+. The Labute approximate surface area is 173 Å². The molecule has 0 atom stereocenters. The van der Waals surface area contributed by atoms with E-state index < -0.39 is 0 Å². The average molecular weight is 390 g/mol. The van der Waals surface area contributed by atoms with Crippen molar-refractivity contribution in [3.05, 3.63) is 71.7 Å². The van der Waals surface area contributed by atoms with Crippen LogP contribution in [0, 0.1) is 6.92 Å². The smallest absolute Gasteiger partial charge is 0.155 e. The van der Waals surface area contributed by atoms with Gasteiger partial charge in [0.15, 0.2) is 5.78 Å². The number of pyridine rings is 1. The molecular weight excluding hydrogens is 358 g/mol. The van der Waals surface area contributed by atoms with Crippen LogP contribution in [0.25, 0.3) is 17.0 Å². The predicted octanol–water partition coefficient (Wildman–Crippen LogP) is 4.90. The van der Waals surface area contributed by atoms with Gasteiger partial charge < -0.3 is 9.47 Å². The molecule has 0 saturated carbocycles. The van der Waals surface area contributed by atoms with E-state index in [0.717, 1.165) is 43.6 Å². The van der Waals surface area contributed by atoms with Gasteiger partial charge in [-0.3, -0.25) is 9.78 Å². The van der Waals surface area contributed by atoms with Crippen molar-refractivity contribution in [1.29, 1.82) is 0 Å². The van der Waals surface area contributed by atoms with Crippen LogP contribution in [0.1, 0.15) is 36.2 Å². The molecule has 0 radical (unpaired) electrons. The molecule has 0 fully saturated rings. The van der Waals surface area contributed by atoms with Gasteiger partial charge >= 0.3 is 0 Å². The lowest BCUT2D eigenvalue weighted by Crippen LogP contribution is -2.15. The van der Waals surface area contributed by atoms with Gasteiger partial charge in [-0.2, -0.15) is 0 Å². The third-order valence-electron chi connectivity index (χ3n) is 5.28. The van der Waals surface area contributed by atoms with E-state index in [4.69, 9.17) is 0 Å². The van der Waals surface area contributed by atoms with Crippen LogP contribution in [0.4, 0.5) is 0 Å². The molecule has 4 heteroatoms. The summed E-state index contributed by atoms with van der Waals surface area (Å²) in [5, 5.41) is 1.22. The average Bonchev–Trinajstić information content (AvgIpc) is 2.98. The van der Waals surface area contributed by atoms with E-state index in [2.05, 4.69) is 59.7 Å². The van der Waals surface area contributed by atoms with Crippen LogP contribution < -0.4 is 0 Å². The van der Waals surface area contributed by atoms with E-state index in [-0.39, 0.29) is 5.78 Å². The summed E-state index contributed by atoms with van der Waals surface area (Å²) in [6.45, 7) is 4.20. The van der Waals surface area contributed by atoms with Gasteiger partial charge in [-0.15, -0.1) is 0 Å². The van der Waals surface area contributed by atoms with E-state index in [1.54, 1.807) is 12.3 Å². The van der Waals surface area contributed by atoms with Gasteiger partial charge in [-0.05, 0) is 77.2 Å². The number of fused-ring (bicyclic) bond motifs is 1. The molecule has 1 aromatic carbocycles. The molecule has 0 aliphatic carbocycles. The Morgan fingerprint density at radius 3 is 2.66 bits per heavy atom. The summed E-state index contributed by atoms with van der Waals surface area (Å²) >= 11 is 0. The zero-order chi connectivity index (χ0) is 20.6. The molecular formula is C25H31N3O. The number of nitrogens with zero attached hydrogens (tertiary/aromatic N) is 3. The summed E-state index contributed by atoms with van der Waals surface area (Å²) in [7, 11) is 4.21. The van der Waals surface area contributed by atoms with Crippen LogP contribution in [0.15, 0.2) is 54.7 Å². The van der Waals surface area contributed by atoms with Crippen molar-refractivity contribution < 1.29 is 4.79 Å². The van der Waals surface area contributed by atoms with E-state index in [0.29, 0.717) is 6.42 Å². The molecule has 0 bridgehead atoms. The molecule has 0 saturated heterocycles. The summed E-state index contributed by atoms with van der Waals surface area (Å²) in [5.41, 5.74) is 4.66. The van der Waals surface area contributed by atoms with Crippen molar-refractivity contribution in [2.75, 3.05) is 20.6 Å². The maximum Gasteiger partial charge on any atom is 0.155 e. The highest BCUT2D eigenvalue weighted by Crippen LogP contribution is 2.27. The molecule has 0 unspecified atom stereocenters. The third kappa shape index (κ3) is 5.64. The van der Waals surface area contributed by atoms with Crippen LogP contribution in [0.5, 0.6) is 0 Å². The van der Waals surface area contributed by atoms with Crippen molar-refractivity contribution in [2.45, 2.75) is 39.2 Å². The van der Waals surface area contributed by atoms with Crippen LogP contribution in [-0.2, 0) is 17.8 Å². The zero-order valence-electron chi connectivity index (χ0n) is 17.8. The zero-order valence-corrected chi connectivity index (χ0v) is 17.8. The molecule has 4 nitrogen and oxygen atoms in total. The van der Waals surface area contributed by atoms with Gasteiger partial charge in [-0.25, -0.2) is 0 Å². The summed E-state index contributed by atoms with van der Waals surface area (Å²) in [5.74, 6) is 0.171. The molecule has 2 aromatic heterocycles. The van der Waals surface area contributed by atoms with E-state index >= 15 is 0 Å². The maximum atomic E-state index is 12.4. The fourth-order valence-electron chi connectivity index (χ4n) is 3.75. The molecule has 0 aliphatic rings. The Balaban J connectivity index is 1.68.